The van der Waals surface area contributed by atoms with E-state index < -0.39 is 10.2 Å². The van der Waals surface area contributed by atoms with Gasteiger partial charge in [0.1, 0.15) is 0 Å². The highest BCUT2D eigenvalue weighted by Gasteiger charge is 2.05. The molecule has 1 atom stereocenters. The Bertz CT molecular complexity index is 253. The molecule has 0 aliphatic rings. The highest BCUT2D eigenvalue weighted by atomic mass is 127. The van der Waals surface area contributed by atoms with Crippen molar-refractivity contribution in [2.24, 2.45) is 5.14 Å². The van der Waals surface area contributed by atoms with E-state index in [0.717, 1.165) is 6.42 Å². The van der Waals surface area contributed by atoms with Gasteiger partial charge in [0.25, 0.3) is 10.2 Å². The number of nitrogens with two attached hydrogens (primary N) is 1. The normalized spacial score (nSPS) is 15.0. The van der Waals surface area contributed by atoms with E-state index >= 15 is 0 Å². The molecule has 0 aliphatic carbocycles. The highest BCUT2D eigenvalue weighted by Crippen LogP contribution is 2.22. The molecule has 1 unspecified atom stereocenters. The van der Waals surface area contributed by atoms with Crippen LogP contribution >= 0.6 is 30.1 Å². The zero-order chi connectivity index (χ0) is 10.3. The van der Waals surface area contributed by atoms with Crippen molar-refractivity contribution in [3.05, 3.63) is 12.2 Å². The molecule has 0 saturated heterocycles. The first-order valence-electron chi connectivity index (χ1n) is 3.67. The van der Waals surface area contributed by atoms with Crippen molar-refractivity contribution in [3.8, 4) is 0 Å². The van der Waals surface area contributed by atoms with E-state index in [1.54, 1.807) is 8.93 Å². The fourth-order valence-electron chi connectivity index (χ4n) is 0.729. The molecule has 0 spiro atoms. The Hall–Kier alpha value is 0.690. The molecule has 3 N–H and O–H groups in total. The summed E-state index contributed by atoms with van der Waals surface area (Å²) in [6.07, 6.45) is 4.73. The molecule has 0 saturated carbocycles. The van der Waals surface area contributed by atoms with E-state index in [-0.39, 0.29) is 0 Å². The Labute approximate surface area is 95.5 Å². The molecule has 0 aliphatic heterocycles. The van der Waals surface area contributed by atoms with Crippen LogP contribution in [0.5, 0.6) is 0 Å². The number of rotatable bonds is 6. The summed E-state index contributed by atoms with van der Waals surface area (Å²) in [4.78, 5) is 0. The van der Waals surface area contributed by atoms with Crippen molar-refractivity contribution < 1.29 is 8.42 Å². The quantitative estimate of drug-likeness (QED) is 0.565. The number of allylic oxidation sites excluding steroid dienone is 1. The van der Waals surface area contributed by atoms with Gasteiger partial charge in [0.15, 0.2) is 0 Å². The second-order valence-corrected chi connectivity index (χ2v) is 6.07. The van der Waals surface area contributed by atoms with Crippen LogP contribution < -0.4 is 9.86 Å². The van der Waals surface area contributed by atoms with E-state index in [1.807, 2.05) is 19.1 Å². The van der Waals surface area contributed by atoms with E-state index in [0.29, 0.717) is 11.8 Å². The van der Waals surface area contributed by atoms with Crippen LogP contribution in [0.2, 0.25) is 0 Å². The third-order valence-corrected chi connectivity index (χ3v) is 4.44. The number of hydrogen-bond acceptors (Lipinski definition) is 3. The van der Waals surface area contributed by atoms with E-state index in [1.165, 1.54) is 0 Å². The summed E-state index contributed by atoms with van der Waals surface area (Å²) in [6, 6.07) is 0. The van der Waals surface area contributed by atoms with Gasteiger partial charge >= 0.3 is 0 Å². The van der Waals surface area contributed by atoms with Crippen LogP contribution in [0, 0.1) is 0 Å². The molecular weight excluding hydrogens is 323 g/mol. The molecule has 4 nitrogen and oxygen atoms in total. The standard InChI is InChI=1S/C6H13IN2O2S2/c1-2-3-6(12-7)4-5-9-13(8,10)11/h2-3,6,9H,4-5H2,1H3,(H2,8,10,11). The van der Waals surface area contributed by atoms with Gasteiger partial charge < -0.3 is 0 Å². The summed E-state index contributed by atoms with van der Waals surface area (Å²) >= 11 is 2.19. The van der Waals surface area contributed by atoms with Crippen LogP contribution in [0.3, 0.4) is 0 Å². The van der Waals surface area contributed by atoms with E-state index in [4.69, 9.17) is 5.14 Å². The summed E-state index contributed by atoms with van der Waals surface area (Å²) in [5.41, 5.74) is 0. The van der Waals surface area contributed by atoms with Gasteiger partial charge in [-0.25, -0.2) is 9.86 Å². The topological polar surface area (TPSA) is 72.2 Å². The Morgan fingerprint density at radius 1 is 1.69 bits per heavy atom. The zero-order valence-electron chi connectivity index (χ0n) is 7.23. The monoisotopic (exact) mass is 336 g/mol. The average molecular weight is 336 g/mol. The summed E-state index contributed by atoms with van der Waals surface area (Å²) in [5, 5.41) is 5.10. The molecule has 13 heavy (non-hydrogen) atoms. The molecule has 78 valence electrons. The third kappa shape index (κ3) is 9.01. The van der Waals surface area contributed by atoms with Crippen LogP contribution in [0.4, 0.5) is 0 Å². The summed E-state index contributed by atoms with van der Waals surface area (Å²) < 4.78 is 23.2. The summed E-state index contributed by atoms with van der Waals surface area (Å²) in [7, 11) is -1.88. The van der Waals surface area contributed by atoms with Crippen LogP contribution in [-0.4, -0.2) is 20.2 Å². The molecule has 0 heterocycles. The van der Waals surface area contributed by atoms with Gasteiger partial charge in [-0.1, -0.05) is 21.1 Å². The largest absolute Gasteiger partial charge is 0.274 e. The van der Waals surface area contributed by atoms with Gasteiger partial charge in [-0.15, -0.1) is 0 Å². The van der Waals surface area contributed by atoms with Gasteiger partial charge in [0.05, 0.1) is 0 Å². The number of hydrogen-bond donors (Lipinski definition) is 2. The van der Waals surface area contributed by atoms with Crippen LogP contribution in [0.1, 0.15) is 13.3 Å². The molecule has 0 fully saturated rings. The second kappa shape index (κ2) is 7.04. The minimum atomic E-state index is -3.53. The van der Waals surface area contributed by atoms with Crippen molar-refractivity contribution in [1.82, 2.24) is 4.72 Å². The molecule has 0 bridgehead atoms. The van der Waals surface area contributed by atoms with Crippen molar-refractivity contribution in [1.29, 1.82) is 0 Å². The number of nitrogens with one attached hydrogen (secondary N) is 1. The first-order chi connectivity index (χ1) is 5.99. The van der Waals surface area contributed by atoms with Crippen molar-refractivity contribution >= 4 is 40.3 Å². The second-order valence-electron chi connectivity index (χ2n) is 2.38. The summed E-state index contributed by atoms with van der Waals surface area (Å²) in [5.74, 6) is 0. The molecule has 0 radical (unpaired) electrons. The van der Waals surface area contributed by atoms with E-state index in [2.05, 4.69) is 25.9 Å². The smallest absolute Gasteiger partial charge is 0.216 e. The van der Waals surface area contributed by atoms with Gasteiger partial charge in [0, 0.05) is 11.8 Å². The maximum absolute atomic E-state index is 10.5. The zero-order valence-corrected chi connectivity index (χ0v) is 11.0. The lowest BCUT2D eigenvalue weighted by Gasteiger charge is -2.07. The van der Waals surface area contributed by atoms with Crippen molar-refractivity contribution in [2.45, 2.75) is 18.6 Å². The van der Waals surface area contributed by atoms with Gasteiger partial charge in [0.2, 0.25) is 0 Å². The molecule has 0 aromatic heterocycles. The lowest BCUT2D eigenvalue weighted by Crippen LogP contribution is -2.32. The predicted octanol–water partition coefficient (Wildman–Crippen LogP) is 1.20. The molecule has 0 aromatic rings. The first-order valence-corrected chi connectivity index (χ1v) is 8.64. The maximum atomic E-state index is 10.5. The third-order valence-electron chi connectivity index (χ3n) is 1.25. The fourth-order valence-corrected chi connectivity index (χ4v) is 2.83. The Balaban J connectivity index is 3.74. The molecule has 0 rings (SSSR count). The van der Waals surface area contributed by atoms with Crippen LogP contribution in [0.25, 0.3) is 0 Å². The first kappa shape index (κ1) is 13.7. The molecular formula is C6H13IN2O2S2. The predicted molar refractivity (Wildman–Crippen MR) is 65.9 cm³/mol. The molecule has 0 amide bonds. The maximum Gasteiger partial charge on any atom is 0.274 e. The fraction of sp³-hybridized carbons (Fsp3) is 0.667. The molecule has 0 aromatic carbocycles. The van der Waals surface area contributed by atoms with Crippen molar-refractivity contribution in [3.63, 3.8) is 0 Å². The minimum absolute atomic E-state index is 0.333. The van der Waals surface area contributed by atoms with Crippen molar-refractivity contribution in [2.75, 3.05) is 6.54 Å². The van der Waals surface area contributed by atoms with Gasteiger partial charge in [-0.3, -0.25) is 0 Å². The van der Waals surface area contributed by atoms with Gasteiger partial charge in [-0.05, 0) is 34.6 Å². The lowest BCUT2D eigenvalue weighted by atomic mass is 10.3. The SMILES string of the molecule is CC=CC(CCNS(N)(=O)=O)SI. The molecule has 7 heteroatoms. The van der Waals surface area contributed by atoms with Crippen LogP contribution in [-0.2, 0) is 10.2 Å². The van der Waals surface area contributed by atoms with E-state index in [9.17, 15) is 8.42 Å². The minimum Gasteiger partial charge on any atom is -0.216 e. The Kier molecular flexibility index (Phi) is 7.42. The summed E-state index contributed by atoms with van der Waals surface area (Å²) in [6.45, 7) is 2.32. The van der Waals surface area contributed by atoms with Crippen LogP contribution in [0.15, 0.2) is 12.2 Å². The lowest BCUT2D eigenvalue weighted by molar-refractivity contribution is 0.581. The number of halogens is 1. The Morgan fingerprint density at radius 3 is 2.69 bits per heavy atom. The highest BCUT2D eigenvalue weighted by molar-refractivity contribution is 14.2. The average Bonchev–Trinajstić information content (AvgIpc) is 2.01. The van der Waals surface area contributed by atoms with Gasteiger partial charge in [-0.2, -0.15) is 8.42 Å². The Morgan fingerprint density at radius 2 is 2.31 bits per heavy atom.